The predicted octanol–water partition coefficient (Wildman–Crippen LogP) is 4.03. The molecule has 24 heavy (non-hydrogen) atoms. The van der Waals surface area contributed by atoms with Crippen molar-refractivity contribution in [3.8, 4) is 0 Å². The molecule has 2 rings (SSSR count). The highest BCUT2D eigenvalue weighted by Gasteiger charge is 2.39. The second-order valence-electron chi connectivity index (χ2n) is 5.58. The molecule has 0 bridgehead atoms. The van der Waals surface area contributed by atoms with Gasteiger partial charge >= 0.3 is 12.4 Å². The largest absolute Gasteiger partial charge is 0.416 e. The van der Waals surface area contributed by atoms with Gasteiger partial charge in [0.1, 0.15) is 0 Å². The maximum atomic E-state index is 13.2. The predicted molar refractivity (Wildman–Crippen MR) is 74.2 cm³/mol. The van der Waals surface area contributed by atoms with Crippen LogP contribution in [0.15, 0.2) is 18.2 Å². The summed E-state index contributed by atoms with van der Waals surface area (Å²) in [5, 5.41) is 3.01. The molecule has 1 atom stereocenters. The first-order valence-corrected chi connectivity index (χ1v) is 7.43. The van der Waals surface area contributed by atoms with Crippen LogP contribution in [0.4, 0.5) is 30.7 Å². The van der Waals surface area contributed by atoms with Crippen molar-refractivity contribution in [2.24, 2.45) is 0 Å². The summed E-state index contributed by atoms with van der Waals surface area (Å²) in [7, 11) is 0. The van der Waals surface area contributed by atoms with Crippen LogP contribution in [0.3, 0.4) is 0 Å². The van der Waals surface area contributed by atoms with E-state index in [0.29, 0.717) is 44.4 Å². The molecule has 1 fully saturated rings. The second-order valence-corrected chi connectivity index (χ2v) is 5.58. The number of piperazine rings is 1. The third-order valence-corrected chi connectivity index (χ3v) is 4.02. The fourth-order valence-electron chi connectivity index (χ4n) is 2.90. The highest BCUT2D eigenvalue weighted by molar-refractivity contribution is 5.37. The molecular formula is C15H17F7N2. The lowest BCUT2D eigenvalue weighted by Crippen LogP contribution is -2.45. The first kappa shape index (κ1) is 19.0. The van der Waals surface area contributed by atoms with E-state index in [9.17, 15) is 30.7 Å². The lowest BCUT2D eigenvalue weighted by atomic mass is 9.93. The van der Waals surface area contributed by atoms with E-state index in [2.05, 4.69) is 5.32 Å². The maximum Gasteiger partial charge on any atom is 0.416 e. The summed E-state index contributed by atoms with van der Waals surface area (Å²) in [5.41, 5.74) is -2.83. The molecule has 1 aliphatic heterocycles. The monoisotopic (exact) mass is 358 g/mol. The van der Waals surface area contributed by atoms with Crippen LogP contribution in [0, 0.1) is 0 Å². The lowest BCUT2D eigenvalue weighted by molar-refractivity contribution is -0.142. The molecule has 0 amide bonds. The Morgan fingerprint density at radius 1 is 1.00 bits per heavy atom. The van der Waals surface area contributed by atoms with Crippen LogP contribution in [-0.2, 0) is 12.4 Å². The molecule has 9 heteroatoms. The van der Waals surface area contributed by atoms with Gasteiger partial charge < -0.3 is 5.32 Å². The van der Waals surface area contributed by atoms with Crippen molar-refractivity contribution >= 4 is 0 Å². The third kappa shape index (κ3) is 4.38. The van der Waals surface area contributed by atoms with Crippen LogP contribution in [0.2, 0.25) is 0 Å². The van der Waals surface area contributed by atoms with Crippen LogP contribution in [0.25, 0.3) is 0 Å². The van der Waals surface area contributed by atoms with Gasteiger partial charge in [0, 0.05) is 32.2 Å². The van der Waals surface area contributed by atoms with Crippen LogP contribution >= 0.6 is 0 Å². The van der Waals surface area contributed by atoms with Crippen molar-refractivity contribution in [2.75, 3.05) is 32.9 Å². The Morgan fingerprint density at radius 2 is 1.62 bits per heavy atom. The van der Waals surface area contributed by atoms with Gasteiger partial charge in [-0.25, -0.2) is 0 Å². The summed E-state index contributed by atoms with van der Waals surface area (Å²) in [4.78, 5) is 1.60. The maximum absolute atomic E-state index is 13.2. The molecule has 1 N–H and O–H groups in total. The zero-order valence-electron chi connectivity index (χ0n) is 12.6. The van der Waals surface area contributed by atoms with Gasteiger partial charge in [-0.05, 0) is 30.2 Å². The number of benzene rings is 1. The first-order chi connectivity index (χ1) is 11.1. The van der Waals surface area contributed by atoms with E-state index in [4.69, 9.17) is 0 Å². The Hall–Kier alpha value is -1.35. The van der Waals surface area contributed by atoms with Crippen molar-refractivity contribution in [2.45, 2.75) is 24.8 Å². The minimum Gasteiger partial charge on any atom is -0.314 e. The summed E-state index contributed by atoms with van der Waals surface area (Å²) in [6.07, 6.45) is -9.85. The summed E-state index contributed by atoms with van der Waals surface area (Å²) in [6.45, 7) is 0.755. The zero-order chi connectivity index (χ0) is 18.0. The van der Waals surface area contributed by atoms with Crippen molar-refractivity contribution in [1.29, 1.82) is 0 Å². The molecule has 0 aliphatic carbocycles. The molecule has 2 nitrogen and oxygen atoms in total. The summed E-state index contributed by atoms with van der Waals surface area (Å²) >= 11 is 0. The van der Waals surface area contributed by atoms with Crippen LogP contribution in [-0.4, -0.2) is 37.8 Å². The van der Waals surface area contributed by atoms with Crippen LogP contribution in [0.1, 0.15) is 29.2 Å². The van der Waals surface area contributed by atoms with Gasteiger partial charge in [0.15, 0.2) is 0 Å². The SMILES string of the molecule is FCC[C@@H](c1cc(C(F)(F)F)ccc1C(F)(F)F)N1CCNCC1. The Kier molecular flexibility index (Phi) is 5.74. The highest BCUT2D eigenvalue weighted by atomic mass is 19.4. The Bertz CT molecular complexity index is 548. The summed E-state index contributed by atoms with van der Waals surface area (Å²) < 4.78 is 91.3. The number of hydrogen-bond donors (Lipinski definition) is 1. The van der Waals surface area contributed by atoms with Crippen molar-refractivity contribution in [3.63, 3.8) is 0 Å². The number of hydrogen-bond acceptors (Lipinski definition) is 2. The fraction of sp³-hybridized carbons (Fsp3) is 0.600. The number of rotatable bonds is 4. The fourth-order valence-corrected chi connectivity index (χ4v) is 2.90. The zero-order valence-corrected chi connectivity index (χ0v) is 12.6. The number of alkyl halides is 7. The van der Waals surface area contributed by atoms with Crippen molar-refractivity contribution < 1.29 is 30.7 Å². The van der Waals surface area contributed by atoms with E-state index in [1.54, 1.807) is 4.90 Å². The standard InChI is InChI=1S/C15H17F7N2/c16-4-3-13(24-7-5-23-6-8-24)11-9-10(14(17,18)19)1-2-12(11)15(20,21)22/h1-2,9,13,23H,3-8H2/t13-/m0/s1. The number of nitrogens with zero attached hydrogens (tertiary/aromatic N) is 1. The Balaban J connectivity index is 2.52. The normalized spacial score (nSPS) is 18.6. The van der Waals surface area contributed by atoms with Gasteiger partial charge in [-0.15, -0.1) is 0 Å². The lowest BCUT2D eigenvalue weighted by Gasteiger charge is -2.36. The average Bonchev–Trinajstić information content (AvgIpc) is 2.51. The quantitative estimate of drug-likeness (QED) is 0.818. The van der Waals surface area contributed by atoms with E-state index in [-0.39, 0.29) is 6.42 Å². The number of halogens is 7. The molecule has 136 valence electrons. The average molecular weight is 358 g/mol. The van der Waals surface area contributed by atoms with Gasteiger partial charge in [-0.2, -0.15) is 26.3 Å². The second kappa shape index (κ2) is 7.26. The van der Waals surface area contributed by atoms with Crippen LogP contribution in [0.5, 0.6) is 0 Å². The molecule has 1 aromatic rings. The molecule has 0 saturated carbocycles. The molecule has 0 radical (unpaired) electrons. The van der Waals surface area contributed by atoms with E-state index < -0.39 is 41.8 Å². The topological polar surface area (TPSA) is 15.3 Å². The summed E-state index contributed by atoms with van der Waals surface area (Å²) in [5.74, 6) is 0. The molecule has 0 aromatic heterocycles. The minimum atomic E-state index is -4.80. The molecule has 1 aromatic carbocycles. The Labute approximate surface area is 134 Å². The first-order valence-electron chi connectivity index (χ1n) is 7.43. The van der Waals surface area contributed by atoms with Gasteiger partial charge in [-0.3, -0.25) is 9.29 Å². The van der Waals surface area contributed by atoms with Crippen LogP contribution < -0.4 is 5.32 Å². The van der Waals surface area contributed by atoms with Crippen molar-refractivity contribution in [3.05, 3.63) is 34.9 Å². The van der Waals surface area contributed by atoms with Gasteiger partial charge in [0.25, 0.3) is 0 Å². The minimum absolute atomic E-state index is 0.287. The molecule has 0 spiro atoms. The van der Waals surface area contributed by atoms with E-state index in [0.717, 1.165) is 0 Å². The molecular weight excluding hydrogens is 341 g/mol. The molecule has 0 unspecified atom stereocenters. The van der Waals surface area contributed by atoms with Gasteiger partial charge in [0.2, 0.25) is 0 Å². The molecule has 1 saturated heterocycles. The Morgan fingerprint density at radius 3 is 2.12 bits per heavy atom. The molecule has 1 heterocycles. The third-order valence-electron chi connectivity index (χ3n) is 4.02. The summed E-state index contributed by atoms with van der Waals surface area (Å²) in [6, 6.07) is 0.309. The molecule has 1 aliphatic rings. The smallest absolute Gasteiger partial charge is 0.314 e. The van der Waals surface area contributed by atoms with Gasteiger partial charge in [-0.1, -0.05) is 0 Å². The van der Waals surface area contributed by atoms with Crippen molar-refractivity contribution in [1.82, 2.24) is 10.2 Å². The highest BCUT2D eigenvalue weighted by Crippen LogP contribution is 2.41. The van der Waals surface area contributed by atoms with E-state index in [1.165, 1.54) is 0 Å². The van der Waals surface area contributed by atoms with E-state index >= 15 is 0 Å². The van der Waals surface area contributed by atoms with E-state index in [1.807, 2.05) is 0 Å². The number of nitrogens with one attached hydrogen (secondary N) is 1. The van der Waals surface area contributed by atoms with Gasteiger partial charge in [0.05, 0.1) is 17.8 Å².